The summed E-state index contributed by atoms with van der Waals surface area (Å²) in [6.07, 6.45) is -6.47. The highest BCUT2D eigenvalue weighted by atomic mass is 19.4. The molecule has 0 aliphatic heterocycles. The minimum Gasteiger partial charge on any atom is -0.465 e. The molecule has 6 nitrogen and oxygen atoms in total. The van der Waals surface area contributed by atoms with E-state index in [1.54, 1.807) is 24.3 Å². The van der Waals surface area contributed by atoms with Gasteiger partial charge >= 0.3 is 12.3 Å². The molecule has 1 heterocycles. The van der Waals surface area contributed by atoms with Crippen molar-refractivity contribution in [2.75, 3.05) is 5.73 Å². The molecule has 0 bridgehead atoms. The molecule has 0 fully saturated rings. The highest BCUT2D eigenvalue weighted by molar-refractivity contribution is 5.90. The van der Waals surface area contributed by atoms with Crippen LogP contribution in [0.4, 0.5) is 23.8 Å². The van der Waals surface area contributed by atoms with Crippen LogP contribution < -0.4 is 5.73 Å². The van der Waals surface area contributed by atoms with Gasteiger partial charge < -0.3 is 10.8 Å². The highest BCUT2D eigenvalue weighted by Crippen LogP contribution is 2.42. The van der Waals surface area contributed by atoms with Crippen LogP contribution in [-0.2, 0) is 0 Å². The Bertz CT molecular complexity index is 1040. The molecule has 29 heavy (non-hydrogen) atoms. The molecule has 9 heteroatoms. The summed E-state index contributed by atoms with van der Waals surface area (Å²) >= 11 is 0. The number of rotatable bonds is 3. The molecular weight excluding hydrogens is 385 g/mol. The molecule has 0 spiro atoms. The molecule has 0 saturated heterocycles. The molecule has 3 aromatic rings. The molecule has 3 rings (SSSR count). The number of nitrogens with zero attached hydrogens (tertiary/aromatic N) is 3. The van der Waals surface area contributed by atoms with Crippen molar-refractivity contribution in [2.45, 2.75) is 38.5 Å². The van der Waals surface area contributed by atoms with E-state index in [4.69, 9.17) is 5.73 Å². The van der Waals surface area contributed by atoms with Crippen molar-refractivity contribution < 1.29 is 23.1 Å². The van der Waals surface area contributed by atoms with Gasteiger partial charge in [-0.3, -0.25) is 4.90 Å². The van der Waals surface area contributed by atoms with Gasteiger partial charge in [-0.05, 0) is 50.6 Å². The first-order chi connectivity index (χ1) is 13.4. The number of amides is 1. The maximum atomic E-state index is 13.9. The van der Waals surface area contributed by atoms with Crippen molar-refractivity contribution >= 4 is 22.8 Å². The standard InChI is InChI=1S/C20H21F3N4O2/c1-19(2,3)26(18(28)29)16(20(21,22)23)12-9-10-14-15(11-12)25-27(17(14)24)13-7-5-4-6-8-13/h4-11,16H,24H2,1-3H3,(H,28,29)/t16-/m1/s1. The molecule has 1 aromatic heterocycles. The van der Waals surface area contributed by atoms with Gasteiger partial charge in [-0.1, -0.05) is 24.3 Å². The summed E-state index contributed by atoms with van der Waals surface area (Å²) in [6, 6.07) is 10.5. The number of carbonyl (C=O) groups is 1. The summed E-state index contributed by atoms with van der Waals surface area (Å²) in [5.41, 5.74) is 5.55. The predicted octanol–water partition coefficient (Wildman–Crippen LogP) is 4.99. The SMILES string of the molecule is CC(C)(C)N(C(=O)O)[C@H](c1ccc2c(N)n(-c3ccccc3)nc2c1)C(F)(F)F. The lowest BCUT2D eigenvalue weighted by Crippen LogP contribution is -2.51. The number of anilines is 1. The lowest BCUT2D eigenvalue weighted by Gasteiger charge is -2.40. The zero-order chi connectivity index (χ0) is 21.6. The van der Waals surface area contributed by atoms with Crippen molar-refractivity contribution in [2.24, 2.45) is 0 Å². The monoisotopic (exact) mass is 406 g/mol. The van der Waals surface area contributed by atoms with Gasteiger partial charge in [0.05, 0.1) is 11.2 Å². The van der Waals surface area contributed by atoms with Crippen LogP contribution in [0.15, 0.2) is 48.5 Å². The number of aromatic nitrogens is 2. The largest absolute Gasteiger partial charge is 0.465 e. The Kier molecular flexibility index (Phi) is 4.94. The molecule has 0 unspecified atom stereocenters. The fourth-order valence-electron chi connectivity index (χ4n) is 3.33. The first kappa shape index (κ1) is 20.5. The molecule has 1 amide bonds. The van der Waals surface area contributed by atoms with E-state index in [9.17, 15) is 23.1 Å². The van der Waals surface area contributed by atoms with E-state index in [0.29, 0.717) is 16.0 Å². The fraction of sp³-hybridized carbons (Fsp3) is 0.300. The molecule has 0 aliphatic rings. The summed E-state index contributed by atoms with van der Waals surface area (Å²) in [5.74, 6) is 0.284. The van der Waals surface area contributed by atoms with E-state index in [-0.39, 0.29) is 16.9 Å². The molecule has 1 atom stereocenters. The van der Waals surface area contributed by atoms with Gasteiger partial charge in [-0.2, -0.15) is 18.3 Å². The van der Waals surface area contributed by atoms with Crippen molar-refractivity contribution in [3.8, 4) is 5.69 Å². The van der Waals surface area contributed by atoms with Crippen molar-refractivity contribution in [1.29, 1.82) is 0 Å². The van der Waals surface area contributed by atoms with Gasteiger partial charge in [-0.25, -0.2) is 9.48 Å². The van der Waals surface area contributed by atoms with Gasteiger partial charge in [0.2, 0.25) is 0 Å². The Balaban J connectivity index is 2.17. The zero-order valence-electron chi connectivity index (χ0n) is 16.1. The molecule has 0 aliphatic carbocycles. The minimum absolute atomic E-state index is 0.222. The van der Waals surface area contributed by atoms with Gasteiger partial charge in [-0.15, -0.1) is 0 Å². The van der Waals surface area contributed by atoms with Crippen LogP contribution in [0.2, 0.25) is 0 Å². The molecular formula is C20H21F3N4O2. The van der Waals surface area contributed by atoms with E-state index in [2.05, 4.69) is 5.10 Å². The van der Waals surface area contributed by atoms with E-state index in [1.165, 1.54) is 43.7 Å². The van der Waals surface area contributed by atoms with Crippen LogP contribution in [0.5, 0.6) is 0 Å². The van der Waals surface area contributed by atoms with E-state index in [1.807, 2.05) is 6.07 Å². The lowest BCUT2D eigenvalue weighted by molar-refractivity contribution is -0.191. The Labute approximate surface area is 165 Å². The molecule has 0 radical (unpaired) electrons. The smallest absolute Gasteiger partial charge is 0.413 e. The van der Waals surface area contributed by atoms with Gasteiger partial charge in [0.25, 0.3) is 0 Å². The van der Waals surface area contributed by atoms with Crippen LogP contribution in [0, 0.1) is 0 Å². The fourth-order valence-corrected chi connectivity index (χ4v) is 3.33. The average Bonchev–Trinajstić information content (AvgIpc) is 2.94. The summed E-state index contributed by atoms with van der Waals surface area (Å²) < 4.78 is 43.3. The topological polar surface area (TPSA) is 84.4 Å². The second-order valence-electron chi connectivity index (χ2n) is 7.68. The first-order valence-corrected chi connectivity index (χ1v) is 8.84. The first-order valence-electron chi connectivity index (χ1n) is 8.84. The Hall–Kier alpha value is -3.23. The van der Waals surface area contributed by atoms with Crippen LogP contribution >= 0.6 is 0 Å². The summed E-state index contributed by atoms with van der Waals surface area (Å²) in [6.45, 7) is 4.25. The minimum atomic E-state index is -4.81. The Morgan fingerprint density at radius 2 is 1.76 bits per heavy atom. The van der Waals surface area contributed by atoms with Gasteiger partial charge in [0, 0.05) is 10.9 Å². The van der Waals surface area contributed by atoms with E-state index < -0.39 is 23.9 Å². The summed E-state index contributed by atoms with van der Waals surface area (Å²) in [7, 11) is 0. The van der Waals surface area contributed by atoms with E-state index in [0.717, 1.165) is 0 Å². The van der Waals surface area contributed by atoms with Crippen LogP contribution in [0.1, 0.15) is 32.4 Å². The normalized spacial score (nSPS) is 13.4. The third-order valence-corrected chi connectivity index (χ3v) is 4.55. The predicted molar refractivity (Wildman–Crippen MR) is 104 cm³/mol. The van der Waals surface area contributed by atoms with Gasteiger partial charge in [0.15, 0.2) is 6.04 Å². The second kappa shape index (κ2) is 6.98. The Morgan fingerprint density at radius 1 is 1.14 bits per heavy atom. The Morgan fingerprint density at radius 3 is 2.28 bits per heavy atom. The number of para-hydroxylation sites is 1. The summed E-state index contributed by atoms with van der Waals surface area (Å²) in [4.78, 5) is 12.1. The zero-order valence-corrected chi connectivity index (χ0v) is 16.1. The molecule has 0 saturated carbocycles. The molecule has 2 aromatic carbocycles. The lowest BCUT2D eigenvalue weighted by atomic mass is 9.97. The number of halogens is 3. The number of fused-ring (bicyclic) bond motifs is 1. The number of hydrogen-bond donors (Lipinski definition) is 2. The number of hydrogen-bond acceptors (Lipinski definition) is 3. The van der Waals surface area contributed by atoms with Crippen molar-refractivity contribution in [3.63, 3.8) is 0 Å². The molecule has 3 N–H and O–H groups in total. The highest BCUT2D eigenvalue weighted by Gasteiger charge is 2.50. The second-order valence-corrected chi connectivity index (χ2v) is 7.68. The summed E-state index contributed by atoms with van der Waals surface area (Å²) in [5, 5.41) is 14.3. The number of benzene rings is 2. The quantitative estimate of drug-likeness (QED) is 0.642. The maximum Gasteiger partial charge on any atom is 0.413 e. The number of alkyl halides is 3. The maximum absolute atomic E-state index is 13.9. The van der Waals surface area contributed by atoms with Crippen molar-refractivity contribution in [3.05, 3.63) is 54.1 Å². The van der Waals surface area contributed by atoms with Crippen molar-refractivity contribution in [1.82, 2.24) is 14.7 Å². The average molecular weight is 406 g/mol. The molecule has 154 valence electrons. The number of nitrogens with two attached hydrogens (primary N) is 1. The van der Waals surface area contributed by atoms with E-state index >= 15 is 0 Å². The van der Waals surface area contributed by atoms with Crippen LogP contribution in [-0.4, -0.2) is 37.6 Å². The third-order valence-electron chi connectivity index (χ3n) is 4.55. The van der Waals surface area contributed by atoms with Crippen LogP contribution in [0.3, 0.4) is 0 Å². The number of carboxylic acid groups (broad SMARTS) is 1. The van der Waals surface area contributed by atoms with Gasteiger partial charge in [0.1, 0.15) is 5.82 Å². The van der Waals surface area contributed by atoms with Crippen LogP contribution in [0.25, 0.3) is 16.6 Å². The number of nitrogen functional groups attached to an aromatic ring is 1. The third kappa shape index (κ3) is 3.85.